The Bertz CT molecular complexity index is 938. The van der Waals surface area contributed by atoms with Crippen molar-refractivity contribution in [1.29, 1.82) is 0 Å². The standard InChI is InChI=1S/C20H17NO/c1-22-20-18-10-6-5-9-16(18)13-17-11-12-21(19(17)20)14-15-7-3-2-4-8-15/h2-13H,14H2,1H3. The second-order valence-electron chi connectivity index (χ2n) is 5.50. The van der Waals surface area contributed by atoms with E-state index in [1.165, 1.54) is 16.3 Å². The summed E-state index contributed by atoms with van der Waals surface area (Å²) in [6.07, 6.45) is 2.14. The summed E-state index contributed by atoms with van der Waals surface area (Å²) in [6.45, 7) is 0.846. The number of fused-ring (bicyclic) bond motifs is 2. The molecule has 0 aliphatic rings. The van der Waals surface area contributed by atoms with Crippen LogP contribution < -0.4 is 4.74 Å². The molecule has 0 saturated carbocycles. The Hall–Kier alpha value is -2.74. The highest BCUT2D eigenvalue weighted by Crippen LogP contribution is 2.35. The average Bonchev–Trinajstić information content (AvgIpc) is 2.96. The molecule has 4 aromatic rings. The molecule has 0 spiro atoms. The SMILES string of the molecule is COc1c2ccccc2cc2ccn(Cc3ccccc3)c12. The minimum Gasteiger partial charge on any atom is -0.494 e. The maximum Gasteiger partial charge on any atom is 0.150 e. The second kappa shape index (κ2) is 5.23. The molecule has 1 heterocycles. The normalized spacial score (nSPS) is 11.1. The van der Waals surface area contributed by atoms with Crippen LogP contribution in [-0.4, -0.2) is 11.7 Å². The number of nitrogens with zero attached hydrogens (tertiary/aromatic N) is 1. The number of hydrogen-bond donors (Lipinski definition) is 0. The van der Waals surface area contributed by atoms with Gasteiger partial charge in [0.1, 0.15) is 0 Å². The van der Waals surface area contributed by atoms with Gasteiger partial charge in [-0.15, -0.1) is 0 Å². The maximum absolute atomic E-state index is 5.76. The molecule has 0 saturated heterocycles. The quantitative estimate of drug-likeness (QED) is 0.525. The molecule has 0 atom stereocenters. The lowest BCUT2D eigenvalue weighted by atomic mass is 10.1. The zero-order valence-corrected chi connectivity index (χ0v) is 12.5. The predicted octanol–water partition coefficient (Wildman–Crippen LogP) is 4.85. The van der Waals surface area contributed by atoms with Crippen LogP contribution >= 0.6 is 0 Å². The lowest BCUT2D eigenvalue weighted by molar-refractivity contribution is 0.422. The summed E-state index contributed by atoms with van der Waals surface area (Å²) in [4.78, 5) is 0. The zero-order chi connectivity index (χ0) is 14.9. The Morgan fingerprint density at radius 3 is 2.45 bits per heavy atom. The number of hydrogen-bond acceptors (Lipinski definition) is 1. The van der Waals surface area contributed by atoms with Gasteiger partial charge < -0.3 is 9.30 Å². The van der Waals surface area contributed by atoms with Gasteiger partial charge in [0.15, 0.2) is 5.75 Å². The molecule has 0 bridgehead atoms. The third kappa shape index (κ3) is 2.04. The zero-order valence-electron chi connectivity index (χ0n) is 12.5. The van der Waals surface area contributed by atoms with Crippen molar-refractivity contribution >= 4 is 21.7 Å². The van der Waals surface area contributed by atoms with E-state index in [0.717, 1.165) is 23.2 Å². The summed E-state index contributed by atoms with van der Waals surface area (Å²) in [5.41, 5.74) is 2.44. The van der Waals surface area contributed by atoms with Crippen LogP contribution in [0.1, 0.15) is 5.56 Å². The summed E-state index contributed by atoms with van der Waals surface area (Å²) in [5.74, 6) is 0.953. The summed E-state index contributed by atoms with van der Waals surface area (Å²) < 4.78 is 8.02. The van der Waals surface area contributed by atoms with E-state index in [9.17, 15) is 0 Å². The maximum atomic E-state index is 5.76. The van der Waals surface area contributed by atoms with Gasteiger partial charge in [0.2, 0.25) is 0 Å². The van der Waals surface area contributed by atoms with Crippen molar-refractivity contribution in [3.8, 4) is 5.75 Å². The molecule has 2 heteroatoms. The highest BCUT2D eigenvalue weighted by molar-refractivity contribution is 6.04. The van der Waals surface area contributed by atoms with Crippen molar-refractivity contribution in [3.63, 3.8) is 0 Å². The molecule has 1 aromatic heterocycles. The summed E-state index contributed by atoms with van der Waals surface area (Å²) in [6, 6.07) is 23.3. The fraction of sp³-hybridized carbons (Fsp3) is 0.100. The third-order valence-electron chi connectivity index (χ3n) is 4.13. The Balaban J connectivity index is 1.95. The first-order valence-electron chi connectivity index (χ1n) is 7.45. The van der Waals surface area contributed by atoms with Crippen LogP contribution in [0, 0.1) is 0 Å². The van der Waals surface area contributed by atoms with E-state index in [1.807, 2.05) is 6.07 Å². The molecule has 3 aromatic carbocycles. The topological polar surface area (TPSA) is 14.2 Å². The third-order valence-corrected chi connectivity index (χ3v) is 4.13. The van der Waals surface area contributed by atoms with Crippen LogP contribution in [0.3, 0.4) is 0 Å². The van der Waals surface area contributed by atoms with Crippen LogP contribution in [0.2, 0.25) is 0 Å². The first-order valence-corrected chi connectivity index (χ1v) is 7.45. The van der Waals surface area contributed by atoms with E-state index >= 15 is 0 Å². The minimum absolute atomic E-state index is 0.846. The van der Waals surface area contributed by atoms with E-state index in [2.05, 4.69) is 71.4 Å². The number of aromatic nitrogens is 1. The Labute approximate surface area is 129 Å². The Morgan fingerprint density at radius 1 is 0.864 bits per heavy atom. The lowest BCUT2D eigenvalue weighted by Gasteiger charge is -2.12. The predicted molar refractivity (Wildman–Crippen MR) is 91.5 cm³/mol. The first-order chi connectivity index (χ1) is 10.9. The van der Waals surface area contributed by atoms with Crippen molar-refractivity contribution in [2.75, 3.05) is 7.11 Å². The van der Waals surface area contributed by atoms with Crippen LogP contribution in [-0.2, 0) is 6.54 Å². The molecule has 0 amide bonds. The Morgan fingerprint density at radius 2 is 1.64 bits per heavy atom. The first kappa shape index (κ1) is 13.0. The lowest BCUT2D eigenvalue weighted by Crippen LogP contribution is -1.99. The molecule has 0 radical (unpaired) electrons. The van der Waals surface area contributed by atoms with E-state index in [4.69, 9.17) is 4.74 Å². The second-order valence-corrected chi connectivity index (χ2v) is 5.50. The molecular weight excluding hydrogens is 270 g/mol. The molecule has 0 unspecified atom stereocenters. The van der Waals surface area contributed by atoms with Crippen molar-refractivity contribution in [3.05, 3.63) is 78.5 Å². The van der Waals surface area contributed by atoms with Gasteiger partial charge in [0.05, 0.1) is 12.6 Å². The molecule has 4 rings (SSSR count). The van der Waals surface area contributed by atoms with Gasteiger partial charge in [0, 0.05) is 23.5 Å². The average molecular weight is 287 g/mol. The molecule has 0 aliphatic carbocycles. The van der Waals surface area contributed by atoms with Gasteiger partial charge in [0.25, 0.3) is 0 Å². The van der Waals surface area contributed by atoms with Crippen LogP contribution in [0.15, 0.2) is 72.9 Å². The molecule has 108 valence electrons. The van der Waals surface area contributed by atoms with Crippen LogP contribution in [0.25, 0.3) is 21.7 Å². The van der Waals surface area contributed by atoms with Crippen LogP contribution in [0.5, 0.6) is 5.75 Å². The van der Waals surface area contributed by atoms with E-state index in [-0.39, 0.29) is 0 Å². The summed E-state index contributed by atoms with van der Waals surface area (Å²) >= 11 is 0. The highest BCUT2D eigenvalue weighted by Gasteiger charge is 2.12. The van der Waals surface area contributed by atoms with Gasteiger partial charge in [-0.3, -0.25) is 0 Å². The van der Waals surface area contributed by atoms with E-state index in [1.54, 1.807) is 7.11 Å². The highest BCUT2D eigenvalue weighted by atomic mass is 16.5. The van der Waals surface area contributed by atoms with Gasteiger partial charge in [-0.25, -0.2) is 0 Å². The van der Waals surface area contributed by atoms with Crippen molar-refractivity contribution in [2.24, 2.45) is 0 Å². The largest absolute Gasteiger partial charge is 0.494 e. The minimum atomic E-state index is 0.846. The molecule has 0 N–H and O–H groups in total. The van der Waals surface area contributed by atoms with Gasteiger partial charge in [-0.2, -0.15) is 0 Å². The monoisotopic (exact) mass is 287 g/mol. The molecule has 22 heavy (non-hydrogen) atoms. The number of benzene rings is 3. The molecule has 2 nitrogen and oxygen atoms in total. The van der Waals surface area contributed by atoms with Crippen molar-refractivity contribution in [1.82, 2.24) is 4.57 Å². The Kier molecular flexibility index (Phi) is 3.08. The van der Waals surface area contributed by atoms with Gasteiger partial charge in [-0.1, -0.05) is 54.6 Å². The summed E-state index contributed by atoms with van der Waals surface area (Å²) in [7, 11) is 1.75. The van der Waals surface area contributed by atoms with Crippen LogP contribution in [0.4, 0.5) is 0 Å². The smallest absolute Gasteiger partial charge is 0.150 e. The molecular formula is C20H17NO. The molecule has 0 aliphatic heterocycles. The molecule has 0 fully saturated rings. The summed E-state index contributed by atoms with van der Waals surface area (Å²) in [5, 5.41) is 3.58. The van der Waals surface area contributed by atoms with E-state index in [0.29, 0.717) is 0 Å². The van der Waals surface area contributed by atoms with Crippen molar-refractivity contribution < 1.29 is 4.74 Å². The number of ether oxygens (including phenoxy) is 1. The van der Waals surface area contributed by atoms with E-state index < -0.39 is 0 Å². The number of methoxy groups -OCH3 is 1. The fourth-order valence-corrected chi connectivity index (χ4v) is 3.11. The number of rotatable bonds is 3. The van der Waals surface area contributed by atoms with Gasteiger partial charge >= 0.3 is 0 Å². The van der Waals surface area contributed by atoms with Gasteiger partial charge in [-0.05, 0) is 23.1 Å². The van der Waals surface area contributed by atoms with Crippen molar-refractivity contribution in [2.45, 2.75) is 6.54 Å². The fourth-order valence-electron chi connectivity index (χ4n) is 3.11.